The maximum atomic E-state index is 12.8. The third-order valence-electron chi connectivity index (χ3n) is 6.09. The topological polar surface area (TPSA) is 71.4 Å². The molecule has 0 radical (unpaired) electrons. The number of carbonyl (C=O) groups is 1. The van der Waals surface area contributed by atoms with Gasteiger partial charge >= 0.3 is 0 Å². The molecule has 168 valence electrons. The van der Waals surface area contributed by atoms with Crippen LogP contribution in [0.2, 0.25) is 0 Å². The number of phenolic OH excluding ortho intramolecular Hbond substituents is 1. The molecule has 1 amide bonds. The van der Waals surface area contributed by atoms with Gasteiger partial charge in [-0.3, -0.25) is 9.79 Å². The summed E-state index contributed by atoms with van der Waals surface area (Å²) in [5.41, 5.74) is 0.539. The van der Waals surface area contributed by atoms with E-state index in [1.165, 1.54) is 0 Å². The average Bonchev–Trinajstić information content (AvgIpc) is 3.21. The highest BCUT2D eigenvalue weighted by Crippen LogP contribution is 2.39. The molecule has 1 aromatic carbocycles. The third-order valence-corrected chi connectivity index (χ3v) is 6.09. The van der Waals surface area contributed by atoms with Crippen LogP contribution in [0.4, 0.5) is 5.69 Å². The number of rotatable bonds is 5. The summed E-state index contributed by atoms with van der Waals surface area (Å²) in [7, 11) is 3.69. The highest BCUT2D eigenvalue weighted by molar-refractivity contribution is 14.0. The van der Waals surface area contributed by atoms with Crippen LogP contribution in [-0.2, 0) is 4.79 Å². The highest BCUT2D eigenvalue weighted by atomic mass is 127. The minimum Gasteiger partial charge on any atom is -0.506 e. The van der Waals surface area contributed by atoms with Gasteiger partial charge in [0.1, 0.15) is 5.75 Å². The molecule has 1 aliphatic carbocycles. The molecular formula is C22H36IN5O2. The SMILES string of the molecule is CCNC(=NCC1(C(=O)N(C)C)CCCC1)N1CCN(c2ccccc2O)CC1.I. The van der Waals surface area contributed by atoms with Gasteiger partial charge in [-0.15, -0.1) is 24.0 Å². The monoisotopic (exact) mass is 529 g/mol. The first-order chi connectivity index (χ1) is 14.0. The maximum Gasteiger partial charge on any atom is 0.230 e. The van der Waals surface area contributed by atoms with Crippen molar-refractivity contribution in [3.05, 3.63) is 24.3 Å². The van der Waals surface area contributed by atoms with Crippen LogP contribution in [0.3, 0.4) is 0 Å². The summed E-state index contributed by atoms with van der Waals surface area (Å²) in [6.07, 6.45) is 4.05. The Kier molecular flexibility index (Phi) is 9.06. The first kappa shape index (κ1) is 24.6. The van der Waals surface area contributed by atoms with E-state index in [2.05, 4.69) is 22.0 Å². The number of nitrogens with zero attached hydrogens (tertiary/aromatic N) is 4. The van der Waals surface area contributed by atoms with E-state index in [1.54, 1.807) is 11.0 Å². The number of aliphatic imine (C=N–C) groups is 1. The van der Waals surface area contributed by atoms with Gasteiger partial charge in [-0.05, 0) is 31.9 Å². The number of guanidine groups is 1. The summed E-state index contributed by atoms with van der Waals surface area (Å²) in [6, 6.07) is 7.49. The van der Waals surface area contributed by atoms with Gasteiger partial charge in [-0.1, -0.05) is 25.0 Å². The predicted octanol–water partition coefficient (Wildman–Crippen LogP) is 2.75. The van der Waals surface area contributed by atoms with Crippen molar-refractivity contribution in [3.8, 4) is 5.75 Å². The fraction of sp³-hybridized carbons (Fsp3) is 0.636. The maximum absolute atomic E-state index is 12.8. The van der Waals surface area contributed by atoms with E-state index < -0.39 is 0 Å². The van der Waals surface area contributed by atoms with Gasteiger partial charge in [0.25, 0.3) is 0 Å². The molecule has 7 nitrogen and oxygen atoms in total. The van der Waals surface area contributed by atoms with Crippen molar-refractivity contribution in [2.45, 2.75) is 32.6 Å². The Morgan fingerprint density at radius 2 is 1.80 bits per heavy atom. The van der Waals surface area contributed by atoms with Crippen LogP contribution in [0.25, 0.3) is 0 Å². The first-order valence-electron chi connectivity index (χ1n) is 10.7. The Balaban J connectivity index is 0.00000320. The summed E-state index contributed by atoms with van der Waals surface area (Å²) in [5.74, 6) is 1.42. The van der Waals surface area contributed by atoms with Gasteiger partial charge in [-0.25, -0.2) is 0 Å². The van der Waals surface area contributed by atoms with Crippen LogP contribution in [-0.4, -0.2) is 80.1 Å². The Labute approximate surface area is 197 Å². The Morgan fingerprint density at radius 3 is 2.37 bits per heavy atom. The number of nitrogens with one attached hydrogen (secondary N) is 1. The third kappa shape index (κ3) is 5.50. The lowest BCUT2D eigenvalue weighted by molar-refractivity contribution is -0.138. The molecule has 30 heavy (non-hydrogen) atoms. The van der Waals surface area contributed by atoms with E-state index in [1.807, 2.05) is 32.3 Å². The zero-order chi connectivity index (χ0) is 20.9. The molecule has 1 aliphatic heterocycles. The van der Waals surface area contributed by atoms with Gasteiger partial charge in [-0.2, -0.15) is 0 Å². The molecule has 3 rings (SSSR count). The van der Waals surface area contributed by atoms with Crippen LogP contribution < -0.4 is 10.2 Å². The van der Waals surface area contributed by atoms with Crippen molar-refractivity contribution in [1.29, 1.82) is 0 Å². The van der Waals surface area contributed by atoms with E-state index in [4.69, 9.17) is 4.99 Å². The molecule has 2 N–H and O–H groups in total. The molecule has 2 fully saturated rings. The number of carbonyl (C=O) groups excluding carboxylic acids is 1. The molecule has 0 bridgehead atoms. The second-order valence-corrected chi connectivity index (χ2v) is 8.32. The molecule has 0 atom stereocenters. The number of phenols is 1. The number of hydrogen-bond acceptors (Lipinski definition) is 4. The summed E-state index contributed by atoms with van der Waals surface area (Å²) in [4.78, 5) is 24.0. The zero-order valence-electron chi connectivity index (χ0n) is 18.4. The molecule has 1 saturated carbocycles. The Hall–Kier alpha value is -1.71. The number of aromatic hydroxyl groups is 1. The lowest BCUT2D eigenvalue weighted by Gasteiger charge is -2.38. The van der Waals surface area contributed by atoms with Crippen LogP contribution in [0.1, 0.15) is 32.6 Å². The zero-order valence-corrected chi connectivity index (χ0v) is 20.8. The second kappa shape index (κ2) is 11.1. The molecule has 0 aromatic heterocycles. The van der Waals surface area contributed by atoms with Crippen molar-refractivity contribution in [1.82, 2.24) is 15.1 Å². The normalized spacial score (nSPS) is 18.7. The van der Waals surface area contributed by atoms with Crippen molar-refractivity contribution >= 4 is 41.5 Å². The molecule has 0 unspecified atom stereocenters. The summed E-state index contributed by atoms with van der Waals surface area (Å²) in [6.45, 7) is 6.72. The minimum atomic E-state index is -0.345. The molecule has 0 spiro atoms. The predicted molar refractivity (Wildman–Crippen MR) is 133 cm³/mol. The second-order valence-electron chi connectivity index (χ2n) is 8.32. The Morgan fingerprint density at radius 1 is 1.17 bits per heavy atom. The largest absolute Gasteiger partial charge is 0.506 e. The minimum absolute atomic E-state index is 0. The number of piperazine rings is 1. The Bertz CT molecular complexity index is 726. The number of hydrogen-bond donors (Lipinski definition) is 2. The van der Waals surface area contributed by atoms with E-state index in [0.717, 1.165) is 70.1 Å². The number of amides is 1. The smallest absolute Gasteiger partial charge is 0.230 e. The number of para-hydroxylation sites is 2. The van der Waals surface area contributed by atoms with E-state index >= 15 is 0 Å². The lowest BCUT2D eigenvalue weighted by Crippen LogP contribution is -2.53. The summed E-state index contributed by atoms with van der Waals surface area (Å²) in [5, 5.41) is 13.5. The van der Waals surface area contributed by atoms with Crippen LogP contribution in [0, 0.1) is 5.41 Å². The van der Waals surface area contributed by atoms with Gasteiger partial charge in [0.05, 0.1) is 17.6 Å². The number of halogens is 1. The van der Waals surface area contributed by atoms with Gasteiger partial charge in [0.15, 0.2) is 5.96 Å². The standard InChI is InChI=1S/C22H35N5O2.HI/c1-4-23-21(24-17-22(11-7-8-12-22)20(29)25(2)3)27-15-13-26(14-16-27)18-9-5-6-10-19(18)28;/h5-6,9-10,28H,4,7-8,11-17H2,1-3H3,(H,23,24);1H. The van der Waals surface area contributed by atoms with Crippen LogP contribution >= 0.6 is 24.0 Å². The fourth-order valence-electron chi connectivity index (χ4n) is 4.51. The van der Waals surface area contributed by atoms with Crippen LogP contribution in [0.5, 0.6) is 5.75 Å². The van der Waals surface area contributed by atoms with E-state index in [9.17, 15) is 9.90 Å². The quantitative estimate of drug-likeness (QED) is 0.349. The van der Waals surface area contributed by atoms with Crippen LogP contribution in [0.15, 0.2) is 29.3 Å². The van der Waals surface area contributed by atoms with Crippen molar-refractivity contribution < 1.29 is 9.90 Å². The van der Waals surface area contributed by atoms with E-state index in [-0.39, 0.29) is 35.3 Å². The fourth-order valence-corrected chi connectivity index (χ4v) is 4.51. The molecule has 8 heteroatoms. The summed E-state index contributed by atoms with van der Waals surface area (Å²) >= 11 is 0. The average molecular weight is 529 g/mol. The molecular weight excluding hydrogens is 493 g/mol. The number of benzene rings is 1. The summed E-state index contributed by atoms with van der Waals surface area (Å²) < 4.78 is 0. The number of anilines is 1. The van der Waals surface area contributed by atoms with Gasteiger partial charge in [0.2, 0.25) is 5.91 Å². The van der Waals surface area contributed by atoms with Crippen molar-refractivity contribution in [3.63, 3.8) is 0 Å². The lowest BCUT2D eigenvalue weighted by atomic mass is 9.85. The van der Waals surface area contributed by atoms with Crippen molar-refractivity contribution in [2.75, 3.05) is 58.3 Å². The van der Waals surface area contributed by atoms with E-state index in [0.29, 0.717) is 12.3 Å². The van der Waals surface area contributed by atoms with Crippen molar-refractivity contribution in [2.24, 2.45) is 10.4 Å². The molecule has 1 aromatic rings. The van der Waals surface area contributed by atoms with Gasteiger partial charge < -0.3 is 25.1 Å². The molecule has 2 aliphatic rings. The first-order valence-corrected chi connectivity index (χ1v) is 10.7. The molecule has 1 saturated heterocycles. The highest BCUT2D eigenvalue weighted by Gasteiger charge is 2.42. The molecule has 1 heterocycles. The van der Waals surface area contributed by atoms with Gasteiger partial charge in [0, 0.05) is 46.8 Å².